The number of hydrogen-bond acceptors (Lipinski definition) is 3. The van der Waals surface area contributed by atoms with Crippen molar-refractivity contribution in [2.45, 2.75) is 6.61 Å². The molecular formula is C15H12BrFO4. The van der Waals surface area contributed by atoms with Crippen molar-refractivity contribution in [3.63, 3.8) is 0 Å². The molecule has 0 aliphatic rings. The van der Waals surface area contributed by atoms with Crippen LogP contribution < -0.4 is 9.47 Å². The van der Waals surface area contributed by atoms with Crippen molar-refractivity contribution in [3.05, 3.63) is 57.8 Å². The SMILES string of the molecule is COc1cccc(COc2ccc(Br)cc2C(=O)O)c1F. The molecule has 0 unspecified atom stereocenters. The van der Waals surface area contributed by atoms with Crippen LogP contribution in [0.2, 0.25) is 0 Å². The highest BCUT2D eigenvalue weighted by molar-refractivity contribution is 9.10. The van der Waals surface area contributed by atoms with Crippen LogP contribution in [0.3, 0.4) is 0 Å². The first-order valence-corrected chi connectivity index (χ1v) is 6.79. The second-order valence-corrected chi connectivity index (χ2v) is 5.08. The Morgan fingerprint density at radius 3 is 2.71 bits per heavy atom. The molecule has 0 amide bonds. The van der Waals surface area contributed by atoms with Gasteiger partial charge in [-0.1, -0.05) is 28.1 Å². The smallest absolute Gasteiger partial charge is 0.339 e. The lowest BCUT2D eigenvalue weighted by molar-refractivity contribution is 0.0691. The van der Waals surface area contributed by atoms with Gasteiger partial charge in [-0.05, 0) is 24.3 Å². The molecule has 0 saturated heterocycles. The second-order valence-electron chi connectivity index (χ2n) is 4.17. The predicted molar refractivity (Wildman–Crippen MR) is 78.4 cm³/mol. The standard InChI is InChI=1S/C15H12BrFO4/c1-20-13-4-2-3-9(14(13)17)8-21-12-6-5-10(16)7-11(12)15(18)19/h2-7H,8H2,1H3,(H,18,19). The summed E-state index contributed by atoms with van der Waals surface area (Å²) in [5.74, 6) is -1.34. The largest absolute Gasteiger partial charge is 0.494 e. The predicted octanol–water partition coefficient (Wildman–Crippen LogP) is 3.87. The topological polar surface area (TPSA) is 55.8 Å². The fourth-order valence-electron chi connectivity index (χ4n) is 1.78. The number of hydrogen-bond donors (Lipinski definition) is 1. The Morgan fingerprint density at radius 1 is 1.29 bits per heavy atom. The highest BCUT2D eigenvalue weighted by Gasteiger charge is 2.14. The van der Waals surface area contributed by atoms with E-state index in [0.717, 1.165) is 0 Å². The Bertz CT molecular complexity index is 673. The number of carbonyl (C=O) groups is 1. The van der Waals surface area contributed by atoms with E-state index in [1.54, 1.807) is 18.2 Å². The molecule has 1 N–H and O–H groups in total. The molecular weight excluding hydrogens is 343 g/mol. The molecule has 2 aromatic rings. The molecule has 2 aromatic carbocycles. The van der Waals surface area contributed by atoms with Crippen LogP contribution in [-0.2, 0) is 6.61 Å². The third-order valence-corrected chi connectivity index (χ3v) is 3.31. The average molecular weight is 355 g/mol. The van der Waals surface area contributed by atoms with E-state index >= 15 is 0 Å². The molecule has 0 atom stereocenters. The number of halogens is 2. The Morgan fingerprint density at radius 2 is 2.05 bits per heavy atom. The third kappa shape index (κ3) is 3.52. The minimum absolute atomic E-state index is 0.00711. The first-order chi connectivity index (χ1) is 10.0. The van der Waals surface area contributed by atoms with Gasteiger partial charge in [-0.25, -0.2) is 9.18 Å². The van der Waals surface area contributed by atoms with Crippen molar-refractivity contribution >= 4 is 21.9 Å². The van der Waals surface area contributed by atoms with Crippen molar-refractivity contribution in [1.82, 2.24) is 0 Å². The van der Waals surface area contributed by atoms with E-state index < -0.39 is 11.8 Å². The molecule has 0 bridgehead atoms. The Balaban J connectivity index is 2.23. The van der Waals surface area contributed by atoms with Crippen LogP contribution in [0.4, 0.5) is 4.39 Å². The van der Waals surface area contributed by atoms with E-state index in [1.807, 2.05) is 0 Å². The van der Waals surface area contributed by atoms with Crippen LogP contribution in [0.15, 0.2) is 40.9 Å². The summed E-state index contributed by atoms with van der Waals surface area (Å²) in [5, 5.41) is 9.13. The maximum atomic E-state index is 14.0. The lowest BCUT2D eigenvalue weighted by Gasteiger charge is -2.11. The minimum Gasteiger partial charge on any atom is -0.494 e. The van der Waals surface area contributed by atoms with Gasteiger partial charge < -0.3 is 14.6 Å². The van der Waals surface area contributed by atoms with E-state index in [2.05, 4.69) is 15.9 Å². The van der Waals surface area contributed by atoms with Crippen molar-refractivity contribution in [2.75, 3.05) is 7.11 Å². The van der Waals surface area contributed by atoms with Gasteiger partial charge in [0.2, 0.25) is 0 Å². The summed E-state index contributed by atoms with van der Waals surface area (Å²) in [6, 6.07) is 9.30. The zero-order valence-electron chi connectivity index (χ0n) is 11.1. The highest BCUT2D eigenvalue weighted by atomic mass is 79.9. The normalized spacial score (nSPS) is 10.2. The number of carboxylic acid groups (broad SMARTS) is 1. The first-order valence-electron chi connectivity index (χ1n) is 6.00. The third-order valence-electron chi connectivity index (χ3n) is 2.82. The van der Waals surface area contributed by atoms with E-state index in [9.17, 15) is 9.18 Å². The van der Waals surface area contributed by atoms with Crippen LogP contribution in [0.5, 0.6) is 11.5 Å². The van der Waals surface area contributed by atoms with Crippen LogP contribution in [0.25, 0.3) is 0 Å². The quantitative estimate of drug-likeness (QED) is 0.885. The number of benzene rings is 2. The highest BCUT2D eigenvalue weighted by Crippen LogP contribution is 2.26. The van der Waals surface area contributed by atoms with Crippen molar-refractivity contribution in [1.29, 1.82) is 0 Å². The van der Waals surface area contributed by atoms with Gasteiger partial charge in [-0.15, -0.1) is 0 Å². The van der Waals surface area contributed by atoms with E-state index in [4.69, 9.17) is 14.6 Å². The molecule has 0 heterocycles. The van der Waals surface area contributed by atoms with Crippen molar-refractivity contribution in [2.24, 2.45) is 0 Å². The van der Waals surface area contributed by atoms with Crippen molar-refractivity contribution in [3.8, 4) is 11.5 Å². The van der Waals surface area contributed by atoms with Crippen molar-refractivity contribution < 1.29 is 23.8 Å². The second kappa shape index (κ2) is 6.58. The zero-order valence-corrected chi connectivity index (χ0v) is 12.7. The van der Waals surface area contributed by atoms with Gasteiger partial charge in [0.25, 0.3) is 0 Å². The van der Waals surface area contributed by atoms with Gasteiger partial charge >= 0.3 is 5.97 Å². The van der Waals surface area contributed by atoms with Gasteiger partial charge in [-0.3, -0.25) is 0 Å². The molecule has 0 spiro atoms. The molecule has 2 rings (SSSR count). The van der Waals surface area contributed by atoms with Gasteiger partial charge in [0.15, 0.2) is 11.6 Å². The summed E-state index contributed by atoms with van der Waals surface area (Å²) in [6.45, 7) is -0.0923. The molecule has 0 aromatic heterocycles. The van der Waals surface area contributed by atoms with Gasteiger partial charge in [-0.2, -0.15) is 0 Å². The Labute approximate surface area is 129 Å². The van der Waals surface area contributed by atoms with Gasteiger partial charge in [0.05, 0.1) is 7.11 Å². The molecule has 0 radical (unpaired) electrons. The first kappa shape index (κ1) is 15.3. The molecule has 0 aliphatic carbocycles. The zero-order chi connectivity index (χ0) is 15.4. The molecule has 0 fully saturated rings. The monoisotopic (exact) mass is 354 g/mol. The average Bonchev–Trinajstić information content (AvgIpc) is 2.47. The number of ether oxygens (including phenoxy) is 2. The lowest BCUT2D eigenvalue weighted by Crippen LogP contribution is -2.05. The Kier molecular flexibility index (Phi) is 4.80. The number of carboxylic acids is 1. The number of methoxy groups -OCH3 is 1. The summed E-state index contributed by atoms with van der Waals surface area (Å²) < 4.78 is 24.9. The van der Waals surface area contributed by atoms with E-state index in [1.165, 1.54) is 25.3 Å². The van der Waals surface area contributed by atoms with Gasteiger partial charge in [0, 0.05) is 10.0 Å². The molecule has 4 nitrogen and oxygen atoms in total. The molecule has 6 heteroatoms. The summed E-state index contributed by atoms with van der Waals surface area (Å²) >= 11 is 3.20. The Hall–Kier alpha value is -2.08. The van der Waals surface area contributed by atoms with E-state index in [0.29, 0.717) is 4.47 Å². The van der Waals surface area contributed by atoms with E-state index in [-0.39, 0.29) is 29.2 Å². The van der Waals surface area contributed by atoms with Crippen LogP contribution in [0.1, 0.15) is 15.9 Å². The summed E-state index contributed by atoms with van der Waals surface area (Å²) in [7, 11) is 1.38. The van der Waals surface area contributed by atoms with Gasteiger partial charge in [0.1, 0.15) is 17.9 Å². The number of rotatable bonds is 5. The molecule has 0 aliphatic heterocycles. The molecule has 21 heavy (non-hydrogen) atoms. The molecule has 0 saturated carbocycles. The summed E-state index contributed by atoms with van der Waals surface area (Å²) in [5.41, 5.74) is 0.293. The lowest BCUT2D eigenvalue weighted by atomic mass is 10.2. The fraction of sp³-hybridized carbons (Fsp3) is 0.133. The van der Waals surface area contributed by atoms with Crippen LogP contribution >= 0.6 is 15.9 Å². The summed E-state index contributed by atoms with van der Waals surface area (Å²) in [4.78, 5) is 11.2. The minimum atomic E-state index is -1.11. The fourth-order valence-corrected chi connectivity index (χ4v) is 2.14. The van der Waals surface area contributed by atoms with Crippen LogP contribution in [0, 0.1) is 5.82 Å². The summed E-state index contributed by atoms with van der Waals surface area (Å²) in [6.07, 6.45) is 0. The maximum Gasteiger partial charge on any atom is 0.339 e. The number of aromatic carboxylic acids is 1. The maximum absolute atomic E-state index is 14.0. The van der Waals surface area contributed by atoms with Crippen LogP contribution in [-0.4, -0.2) is 18.2 Å². The molecule has 110 valence electrons.